The number of carbonyl (C=O) groups excluding carboxylic acids is 2. The van der Waals surface area contributed by atoms with Gasteiger partial charge < -0.3 is 5.73 Å². The van der Waals surface area contributed by atoms with Crippen molar-refractivity contribution >= 4 is 11.8 Å². The number of benzene rings is 1. The molecule has 110 valence electrons. The molecule has 1 heterocycles. The molecular formula is C16H17FN2O2. The predicted octanol–water partition coefficient (Wildman–Crippen LogP) is 1.42. The van der Waals surface area contributed by atoms with Gasteiger partial charge in [0.1, 0.15) is 5.82 Å². The monoisotopic (exact) mass is 288 g/mol. The van der Waals surface area contributed by atoms with E-state index in [0.717, 1.165) is 0 Å². The van der Waals surface area contributed by atoms with E-state index < -0.39 is 5.82 Å². The van der Waals surface area contributed by atoms with E-state index in [9.17, 15) is 14.0 Å². The molecule has 0 aromatic heterocycles. The Morgan fingerprint density at radius 3 is 2.62 bits per heavy atom. The Morgan fingerprint density at radius 2 is 2.00 bits per heavy atom. The first-order chi connectivity index (χ1) is 10.0. The molecule has 1 fully saturated rings. The maximum absolute atomic E-state index is 13.3. The van der Waals surface area contributed by atoms with Crippen molar-refractivity contribution in [2.24, 2.45) is 11.7 Å². The lowest BCUT2D eigenvalue weighted by Gasteiger charge is -2.28. The summed E-state index contributed by atoms with van der Waals surface area (Å²) in [6, 6.07) is 4.14. The number of nitrogens with two attached hydrogens (primary N) is 1. The quantitative estimate of drug-likeness (QED) is 0.661. The van der Waals surface area contributed by atoms with Crippen LogP contribution in [0.4, 0.5) is 4.39 Å². The minimum Gasteiger partial charge on any atom is -0.320 e. The summed E-state index contributed by atoms with van der Waals surface area (Å²) in [5.41, 5.74) is 6.43. The van der Waals surface area contributed by atoms with Crippen molar-refractivity contribution in [3.8, 4) is 11.8 Å². The van der Waals surface area contributed by atoms with Crippen molar-refractivity contribution in [2.45, 2.75) is 26.3 Å². The highest BCUT2D eigenvalue weighted by Crippen LogP contribution is 2.22. The number of amides is 2. The van der Waals surface area contributed by atoms with Crippen LogP contribution in [0.2, 0.25) is 0 Å². The normalized spacial score (nSPS) is 15.9. The second-order valence-corrected chi connectivity index (χ2v) is 5.19. The number of carbonyl (C=O) groups is 2. The van der Waals surface area contributed by atoms with E-state index in [1.807, 2.05) is 6.92 Å². The van der Waals surface area contributed by atoms with Crippen LogP contribution < -0.4 is 5.73 Å². The van der Waals surface area contributed by atoms with Gasteiger partial charge in [-0.3, -0.25) is 14.5 Å². The van der Waals surface area contributed by atoms with Crippen molar-refractivity contribution < 1.29 is 14.0 Å². The molecule has 2 N–H and O–H groups in total. The third kappa shape index (κ3) is 3.67. The van der Waals surface area contributed by atoms with E-state index in [4.69, 9.17) is 5.73 Å². The van der Waals surface area contributed by atoms with Gasteiger partial charge in [-0.15, -0.1) is 0 Å². The number of halogens is 1. The van der Waals surface area contributed by atoms with Gasteiger partial charge in [-0.25, -0.2) is 4.39 Å². The summed E-state index contributed by atoms with van der Waals surface area (Å²) in [6.45, 7) is 2.16. The molecule has 1 saturated heterocycles. The van der Waals surface area contributed by atoms with Gasteiger partial charge in [-0.05, 0) is 23.6 Å². The lowest BCUT2D eigenvalue weighted by atomic mass is 9.97. The fraction of sp³-hybridized carbons (Fsp3) is 0.375. The molecule has 0 radical (unpaired) electrons. The molecule has 0 aliphatic carbocycles. The molecule has 1 aromatic rings. The van der Waals surface area contributed by atoms with Crippen LogP contribution in [0, 0.1) is 23.6 Å². The van der Waals surface area contributed by atoms with Crippen molar-refractivity contribution in [1.29, 1.82) is 0 Å². The molecular weight excluding hydrogens is 271 g/mol. The molecule has 2 rings (SSSR count). The topological polar surface area (TPSA) is 63.4 Å². The minimum atomic E-state index is -0.412. The number of hydrogen-bond acceptors (Lipinski definition) is 3. The zero-order valence-corrected chi connectivity index (χ0v) is 11.9. The van der Waals surface area contributed by atoms with Gasteiger partial charge in [0.05, 0.1) is 13.1 Å². The third-order valence-corrected chi connectivity index (χ3v) is 3.37. The summed E-state index contributed by atoms with van der Waals surface area (Å²) in [5.74, 6) is 4.71. The fourth-order valence-electron chi connectivity index (χ4n) is 2.32. The van der Waals surface area contributed by atoms with Gasteiger partial charge in [0.25, 0.3) is 0 Å². The Hall–Kier alpha value is -2.19. The first kappa shape index (κ1) is 15.2. The Bertz CT molecular complexity index is 613. The number of likely N-dealkylation sites (tertiary alicyclic amines) is 1. The van der Waals surface area contributed by atoms with E-state index >= 15 is 0 Å². The highest BCUT2D eigenvalue weighted by Gasteiger charge is 2.30. The van der Waals surface area contributed by atoms with Crippen molar-refractivity contribution in [3.05, 3.63) is 35.1 Å². The smallest absolute Gasteiger partial charge is 0.229 e. The maximum atomic E-state index is 13.3. The molecule has 0 saturated carbocycles. The van der Waals surface area contributed by atoms with E-state index in [0.29, 0.717) is 24.0 Å². The zero-order valence-electron chi connectivity index (χ0n) is 11.9. The van der Waals surface area contributed by atoms with Gasteiger partial charge in [-0.2, -0.15) is 0 Å². The number of hydrogen-bond donors (Lipinski definition) is 1. The first-order valence-electron chi connectivity index (χ1n) is 6.82. The Balaban J connectivity index is 2.26. The Kier molecular flexibility index (Phi) is 4.71. The fourth-order valence-corrected chi connectivity index (χ4v) is 2.32. The predicted molar refractivity (Wildman–Crippen MR) is 76.3 cm³/mol. The minimum absolute atomic E-state index is 0.0750. The first-order valence-corrected chi connectivity index (χ1v) is 6.82. The zero-order chi connectivity index (χ0) is 15.4. The molecule has 0 spiro atoms. The van der Waals surface area contributed by atoms with Gasteiger partial charge in [0.15, 0.2) is 0 Å². The van der Waals surface area contributed by atoms with Crippen LogP contribution in [0.15, 0.2) is 18.2 Å². The molecule has 2 amide bonds. The highest BCUT2D eigenvalue weighted by atomic mass is 19.1. The average molecular weight is 288 g/mol. The van der Waals surface area contributed by atoms with Crippen LogP contribution in [0.25, 0.3) is 0 Å². The lowest BCUT2D eigenvalue weighted by Crippen LogP contribution is -2.42. The van der Waals surface area contributed by atoms with Gasteiger partial charge in [0.2, 0.25) is 11.8 Å². The van der Waals surface area contributed by atoms with Crippen LogP contribution >= 0.6 is 0 Å². The van der Waals surface area contributed by atoms with E-state index in [1.54, 1.807) is 6.07 Å². The Labute approximate surface area is 123 Å². The standard InChI is InChI=1S/C16H17FN2O2/c1-11-7-15(20)19(16(21)8-11)10-13-4-5-14(17)9-12(13)3-2-6-18/h4-5,9,11H,6-8,10,18H2,1H3. The third-order valence-electron chi connectivity index (χ3n) is 3.37. The molecule has 1 aliphatic heterocycles. The van der Waals surface area contributed by atoms with E-state index in [1.165, 1.54) is 17.0 Å². The summed E-state index contributed by atoms with van der Waals surface area (Å²) < 4.78 is 13.3. The van der Waals surface area contributed by atoms with E-state index in [2.05, 4.69) is 11.8 Å². The van der Waals surface area contributed by atoms with Crippen LogP contribution in [-0.2, 0) is 16.1 Å². The molecule has 0 atom stereocenters. The largest absolute Gasteiger partial charge is 0.320 e. The molecule has 1 aliphatic rings. The van der Waals surface area contributed by atoms with Gasteiger partial charge in [0, 0.05) is 18.4 Å². The summed E-state index contributed by atoms with van der Waals surface area (Å²) in [7, 11) is 0. The second-order valence-electron chi connectivity index (χ2n) is 5.19. The molecule has 1 aromatic carbocycles. The summed E-state index contributed by atoms with van der Waals surface area (Å²) in [5, 5.41) is 0. The number of imide groups is 1. The summed E-state index contributed by atoms with van der Waals surface area (Å²) in [4.78, 5) is 25.2. The van der Waals surface area contributed by atoms with Crippen LogP contribution in [0.1, 0.15) is 30.9 Å². The summed E-state index contributed by atoms with van der Waals surface area (Å²) in [6.07, 6.45) is 0.716. The SMILES string of the molecule is CC1CC(=O)N(Cc2ccc(F)cc2C#CCN)C(=O)C1. The summed E-state index contributed by atoms with van der Waals surface area (Å²) >= 11 is 0. The number of rotatable bonds is 2. The average Bonchev–Trinajstić information content (AvgIpc) is 2.42. The van der Waals surface area contributed by atoms with Crippen LogP contribution in [-0.4, -0.2) is 23.3 Å². The molecule has 21 heavy (non-hydrogen) atoms. The molecule has 0 unspecified atom stereocenters. The van der Waals surface area contributed by atoms with Crippen LogP contribution in [0.3, 0.4) is 0 Å². The van der Waals surface area contributed by atoms with Crippen molar-refractivity contribution in [1.82, 2.24) is 4.90 Å². The van der Waals surface area contributed by atoms with Gasteiger partial charge >= 0.3 is 0 Å². The van der Waals surface area contributed by atoms with E-state index in [-0.39, 0.29) is 30.8 Å². The molecule has 5 heteroatoms. The number of nitrogens with zero attached hydrogens (tertiary/aromatic N) is 1. The van der Waals surface area contributed by atoms with Crippen molar-refractivity contribution in [3.63, 3.8) is 0 Å². The van der Waals surface area contributed by atoms with Crippen molar-refractivity contribution in [2.75, 3.05) is 6.54 Å². The lowest BCUT2D eigenvalue weighted by molar-refractivity contribution is -0.150. The molecule has 4 nitrogen and oxygen atoms in total. The maximum Gasteiger partial charge on any atom is 0.229 e. The van der Waals surface area contributed by atoms with Crippen LogP contribution in [0.5, 0.6) is 0 Å². The number of piperidine rings is 1. The Morgan fingerprint density at radius 1 is 1.33 bits per heavy atom. The molecule has 0 bridgehead atoms. The second kappa shape index (κ2) is 6.51. The van der Waals surface area contributed by atoms with Gasteiger partial charge in [-0.1, -0.05) is 24.8 Å². The highest BCUT2D eigenvalue weighted by molar-refractivity contribution is 5.97.